The third-order valence-electron chi connectivity index (χ3n) is 4.64. The van der Waals surface area contributed by atoms with Gasteiger partial charge in [0.05, 0.1) is 11.6 Å². The highest BCUT2D eigenvalue weighted by Crippen LogP contribution is 2.30. The molecule has 6 heteroatoms. The predicted octanol–water partition coefficient (Wildman–Crippen LogP) is 6.96. The van der Waals surface area contributed by atoms with E-state index in [1.54, 1.807) is 11.3 Å². The molecule has 0 saturated carbocycles. The van der Waals surface area contributed by atoms with Crippen molar-refractivity contribution in [1.29, 1.82) is 0 Å². The van der Waals surface area contributed by atoms with Gasteiger partial charge >= 0.3 is 0 Å². The molecule has 0 aliphatic carbocycles. The van der Waals surface area contributed by atoms with E-state index in [4.69, 9.17) is 16.6 Å². The molecule has 0 amide bonds. The molecule has 0 saturated heterocycles. The van der Waals surface area contributed by atoms with Gasteiger partial charge in [-0.1, -0.05) is 42.8 Å². The highest BCUT2D eigenvalue weighted by molar-refractivity contribution is 7.10. The van der Waals surface area contributed by atoms with Crippen LogP contribution < -0.4 is 10.6 Å². The number of fused-ring (bicyclic) bond motifs is 1. The third-order valence-corrected chi connectivity index (χ3v) is 6.03. The van der Waals surface area contributed by atoms with Crippen LogP contribution in [-0.4, -0.2) is 9.97 Å². The molecule has 2 N–H and O–H groups in total. The number of hydrogen-bond acceptors (Lipinski definition) is 5. The average Bonchev–Trinajstić information content (AvgIpc) is 3.23. The average molecular weight is 409 g/mol. The molecule has 4 nitrogen and oxygen atoms in total. The maximum atomic E-state index is 6.26. The van der Waals surface area contributed by atoms with E-state index in [-0.39, 0.29) is 6.04 Å². The number of aryl methyl sites for hydroxylation is 1. The lowest BCUT2D eigenvalue weighted by molar-refractivity contribution is 0.760. The predicted molar refractivity (Wildman–Crippen MR) is 120 cm³/mol. The summed E-state index contributed by atoms with van der Waals surface area (Å²) in [6.45, 7) is 4.16. The molecule has 4 rings (SSSR count). The Labute approximate surface area is 173 Å². The fourth-order valence-corrected chi connectivity index (χ4v) is 4.11. The Morgan fingerprint density at radius 1 is 1.07 bits per heavy atom. The standard InChI is InChI=1S/C22H21ClN4S/c1-3-18(20-9-6-12-28-20)25-21-16-7-4-5-8-19(16)26-22(27-21)24-15-11-10-14(2)17(23)13-15/h4-13,18H,3H2,1-2H3,(H2,24,25,26,27)/t18-/m1/s1. The van der Waals surface area contributed by atoms with Gasteiger partial charge in [0.25, 0.3) is 0 Å². The minimum Gasteiger partial charge on any atom is -0.362 e. The summed E-state index contributed by atoms with van der Waals surface area (Å²) in [4.78, 5) is 10.7. The number of benzene rings is 2. The van der Waals surface area contributed by atoms with Crippen molar-refractivity contribution in [2.75, 3.05) is 10.6 Å². The van der Waals surface area contributed by atoms with Gasteiger partial charge in [-0.2, -0.15) is 4.98 Å². The minimum absolute atomic E-state index is 0.208. The van der Waals surface area contributed by atoms with Gasteiger partial charge < -0.3 is 10.6 Å². The second-order valence-corrected chi connectivity index (χ2v) is 8.01. The first-order valence-electron chi connectivity index (χ1n) is 9.24. The first kappa shape index (κ1) is 18.7. The molecule has 2 aromatic heterocycles. The molecule has 2 aromatic carbocycles. The van der Waals surface area contributed by atoms with Gasteiger partial charge in [0, 0.05) is 21.0 Å². The second kappa shape index (κ2) is 8.17. The van der Waals surface area contributed by atoms with Crippen LogP contribution in [0.2, 0.25) is 5.02 Å². The molecule has 0 fully saturated rings. The van der Waals surface area contributed by atoms with E-state index in [2.05, 4.69) is 40.1 Å². The van der Waals surface area contributed by atoms with Crippen LogP contribution in [0.3, 0.4) is 0 Å². The van der Waals surface area contributed by atoms with Crippen molar-refractivity contribution in [2.24, 2.45) is 0 Å². The Morgan fingerprint density at radius 3 is 2.68 bits per heavy atom. The summed E-state index contributed by atoms with van der Waals surface area (Å²) in [5, 5.41) is 10.7. The van der Waals surface area contributed by atoms with Gasteiger partial charge in [-0.05, 0) is 54.6 Å². The smallest absolute Gasteiger partial charge is 0.229 e. The summed E-state index contributed by atoms with van der Waals surface area (Å²) >= 11 is 8.01. The van der Waals surface area contributed by atoms with Crippen LogP contribution in [0.1, 0.15) is 29.8 Å². The molecule has 142 valence electrons. The van der Waals surface area contributed by atoms with Crippen LogP contribution in [0.5, 0.6) is 0 Å². The summed E-state index contributed by atoms with van der Waals surface area (Å²) in [7, 11) is 0. The molecule has 0 aliphatic heterocycles. The molecule has 0 radical (unpaired) electrons. The first-order chi connectivity index (χ1) is 13.6. The molecular formula is C22H21ClN4S. The number of halogens is 1. The largest absolute Gasteiger partial charge is 0.362 e. The van der Waals surface area contributed by atoms with Crippen molar-refractivity contribution >= 4 is 51.3 Å². The van der Waals surface area contributed by atoms with E-state index in [0.29, 0.717) is 11.0 Å². The summed E-state index contributed by atoms with van der Waals surface area (Å²) in [6, 6.07) is 18.3. The quantitative estimate of drug-likeness (QED) is 0.362. The van der Waals surface area contributed by atoms with E-state index in [9.17, 15) is 0 Å². The Bertz CT molecular complexity index is 1100. The lowest BCUT2D eigenvalue weighted by Gasteiger charge is -2.18. The normalized spacial score (nSPS) is 12.1. The molecule has 0 bridgehead atoms. The van der Waals surface area contributed by atoms with Gasteiger partial charge in [-0.3, -0.25) is 0 Å². The van der Waals surface area contributed by atoms with Gasteiger partial charge in [0.15, 0.2) is 0 Å². The molecule has 2 heterocycles. The highest BCUT2D eigenvalue weighted by Gasteiger charge is 2.14. The first-order valence-corrected chi connectivity index (χ1v) is 10.5. The van der Waals surface area contributed by atoms with E-state index in [0.717, 1.165) is 34.4 Å². The number of anilines is 3. The van der Waals surface area contributed by atoms with Crippen molar-refractivity contribution in [3.05, 3.63) is 75.4 Å². The molecule has 1 atom stereocenters. The lowest BCUT2D eigenvalue weighted by Crippen LogP contribution is -2.11. The van der Waals surface area contributed by atoms with Crippen LogP contribution in [0.15, 0.2) is 60.0 Å². The third kappa shape index (κ3) is 3.96. The Balaban J connectivity index is 1.71. The van der Waals surface area contributed by atoms with Crippen LogP contribution in [0.4, 0.5) is 17.5 Å². The monoisotopic (exact) mass is 408 g/mol. The molecular weight excluding hydrogens is 388 g/mol. The lowest BCUT2D eigenvalue weighted by atomic mass is 10.1. The molecule has 4 aromatic rings. The van der Waals surface area contributed by atoms with Crippen molar-refractivity contribution < 1.29 is 0 Å². The maximum absolute atomic E-state index is 6.26. The molecule has 0 aliphatic rings. The zero-order chi connectivity index (χ0) is 19.5. The summed E-state index contributed by atoms with van der Waals surface area (Å²) < 4.78 is 0. The number of hydrogen-bond donors (Lipinski definition) is 2. The Morgan fingerprint density at radius 2 is 1.93 bits per heavy atom. The van der Waals surface area contributed by atoms with E-state index >= 15 is 0 Å². The molecule has 28 heavy (non-hydrogen) atoms. The van der Waals surface area contributed by atoms with Crippen molar-refractivity contribution in [2.45, 2.75) is 26.3 Å². The van der Waals surface area contributed by atoms with Gasteiger partial charge in [-0.15, -0.1) is 11.3 Å². The molecule has 0 spiro atoms. The molecule has 0 unspecified atom stereocenters. The number of thiophene rings is 1. The van der Waals surface area contributed by atoms with Crippen LogP contribution in [0, 0.1) is 6.92 Å². The maximum Gasteiger partial charge on any atom is 0.229 e. The van der Waals surface area contributed by atoms with Gasteiger partial charge in [-0.25, -0.2) is 4.98 Å². The Kier molecular flexibility index (Phi) is 5.46. The fraction of sp³-hybridized carbons (Fsp3) is 0.182. The SMILES string of the molecule is CC[C@@H](Nc1nc(Nc2ccc(C)c(Cl)c2)nc2ccccc12)c1cccs1. The summed E-state index contributed by atoms with van der Waals surface area (Å²) in [5.41, 5.74) is 2.79. The van der Waals surface area contributed by atoms with Crippen molar-refractivity contribution in [1.82, 2.24) is 9.97 Å². The van der Waals surface area contributed by atoms with E-state index < -0.39 is 0 Å². The number of nitrogens with one attached hydrogen (secondary N) is 2. The zero-order valence-corrected chi connectivity index (χ0v) is 17.3. The number of nitrogens with zero attached hydrogens (tertiary/aromatic N) is 2. The van der Waals surface area contributed by atoms with E-state index in [1.807, 2.05) is 49.4 Å². The van der Waals surface area contributed by atoms with Crippen LogP contribution >= 0.6 is 22.9 Å². The van der Waals surface area contributed by atoms with Crippen LogP contribution in [0.25, 0.3) is 10.9 Å². The number of aromatic nitrogens is 2. The second-order valence-electron chi connectivity index (χ2n) is 6.62. The zero-order valence-electron chi connectivity index (χ0n) is 15.7. The summed E-state index contributed by atoms with van der Waals surface area (Å²) in [5.74, 6) is 1.37. The number of para-hydroxylation sites is 1. The fourth-order valence-electron chi connectivity index (χ4n) is 3.07. The van der Waals surface area contributed by atoms with Crippen molar-refractivity contribution in [3.8, 4) is 0 Å². The summed E-state index contributed by atoms with van der Waals surface area (Å²) in [6.07, 6.45) is 0.967. The highest BCUT2D eigenvalue weighted by atomic mass is 35.5. The topological polar surface area (TPSA) is 49.8 Å². The van der Waals surface area contributed by atoms with Gasteiger partial charge in [0.2, 0.25) is 5.95 Å². The van der Waals surface area contributed by atoms with E-state index in [1.165, 1.54) is 4.88 Å². The van der Waals surface area contributed by atoms with Crippen LogP contribution in [-0.2, 0) is 0 Å². The van der Waals surface area contributed by atoms with Crippen molar-refractivity contribution in [3.63, 3.8) is 0 Å². The van der Waals surface area contributed by atoms with Gasteiger partial charge in [0.1, 0.15) is 5.82 Å². The Hall–Kier alpha value is -2.63. The minimum atomic E-state index is 0.208. The number of rotatable bonds is 6.